The van der Waals surface area contributed by atoms with E-state index in [-0.39, 0.29) is 5.82 Å². The second kappa shape index (κ2) is 6.72. The van der Waals surface area contributed by atoms with Gasteiger partial charge in [-0.05, 0) is 13.1 Å². The highest BCUT2D eigenvalue weighted by Gasteiger charge is 2.18. The molecule has 2 heterocycles. The summed E-state index contributed by atoms with van der Waals surface area (Å²) in [7, 11) is 1.91. The van der Waals surface area contributed by atoms with E-state index in [1.165, 1.54) is 6.07 Å². The number of nitrogens with zero attached hydrogens (tertiary/aromatic N) is 2. The van der Waals surface area contributed by atoms with Crippen LogP contribution in [0.15, 0.2) is 36.4 Å². The zero-order valence-electron chi connectivity index (χ0n) is 14.1. The van der Waals surface area contributed by atoms with Gasteiger partial charge in [-0.2, -0.15) is 0 Å². The summed E-state index contributed by atoms with van der Waals surface area (Å²) in [5.74, 6) is 2.14. The molecule has 0 atom stereocenters. The Morgan fingerprint density at radius 2 is 1.92 bits per heavy atom. The highest BCUT2D eigenvalue weighted by Crippen LogP contribution is 2.35. The molecular weight excluding hydrogens is 321 g/mol. The predicted octanol–water partition coefficient (Wildman–Crippen LogP) is 2.76. The summed E-state index contributed by atoms with van der Waals surface area (Å²) in [6.45, 7) is 2.31. The predicted molar refractivity (Wildman–Crippen MR) is 93.9 cm³/mol. The number of likely N-dealkylation sites (N-methyl/N-ethyl adjacent to an activating group) is 1. The number of hydrogen-bond acceptors (Lipinski definition) is 4. The van der Waals surface area contributed by atoms with Gasteiger partial charge >= 0.3 is 0 Å². The summed E-state index contributed by atoms with van der Waals surface area (Å²) in [4.78, 5) is 4.75. The van der Waals surface area contributed by atoms with Crippen molar-refractivity contribution in [2.24, 2.45) is 0 Å². The van der Waals surface area contributed by atoms with Crippen LogP contribution in [0.3, 0.4) is 0 Å². The summed E-state index contributed by atoms with van der Waals surface area (Å²) in [6, 6.07) is 10.7. The average Bonchev–Trinajstić information content (AvgIpc) is 2.96. The second-order valence-electron chi connectivity index (χ2n) is 6.04. The van der Waals surface area contributed by atoms with Crippen molar-refractivity contribution < 1.29 is 13.9 Å². The second-order valence-corrected chi connectivity index (χ2v) is 6.04. The van der Waals surface area contributed by atoms with E-state index in [9.17, 15) is 4.39 Å². The molecule has 4 rings (SSSR count). The average molecular weight is 341 g/mol. The molecule has 6 heteroatoms. The standard InChI is InChI=1S/C19H20FN3O2/c1-21-7-6-19-22-15-10-17-18(25-9-8-24-17)11-16(15)23(19)12-13-4-2-3-5-14(13)20/h2-5,10-11,21H,6-9,12H2,1H3. The lowest BCUT2D eigenvalue weighted by Gasteiger charge is -2.18. The Kier molecular flexibility index (Phi) is 4.28. The number of rotatable bonds is 5. The number of halogens is 1. The number of benzene rings is 2. The van der Waals surface area contributed by atoms with Crippen LogP contribution in [0.2, 0.25) is 0 Å². The van der Waals surface area contributed by atoms with E-state index in [1.54, 1.807) is 12.1 Å². The molecule has 0 spiro atoms. The van der Waals surface area contributed by atoms with Crippen molar-refractivity contribution in [3.63, 3.8) is 0 Å². The molecule has 0 radical (unpaired) electrons. The Labute approximate surface area is 145 Å². The minimum Gasteiger partial charge on any atom is -0.486 e. The van der Waals surface area contributed by atoms with Gasteiger partial charge in [0.05, 0.1) is 17.6 Å². The fraction of sp³-hybridized carbons (Fsp3) is 0.316. The van der Waals surface area contributed by atoms with Crippen LogP contribution in [-0.4, -0.2) is 36.4 Å². The maximum Gasteiger partial charge on any atom is 0.163 e. The van der Waals surface area contributed by atoms with Crippen LogP contribution in [0, 0.1) is 5.82 Å². The highest BCUT2D eigenvalue weighted by atomic mass is 19.1. The number of imidazole rings is 1. The number of aromatic nitrogens is 2. The Hall–Kier alpha value is -2.60. The summed E-state index contributed by atoms with van der Waals surface area (Å²) in [5, 5.41) is 3.14. The summed E-state index contributed by atoms with van der Waals surface area (Å²) in [5.41, 5.74) is 2.41. The molecule has 0 fully saturated rings. The summed E-state index contributed by atoms with van der Waals surface area (Å²) < 4.78 is 27.6. The van der Waals surface area contributed by atoms with E-state index >= 15 is 0 Å². The lowest BCUT2D eigenvalue weighted by Crippen LogP contribution is -2.16. The molecule has 0 unspecified atom stereocenters. The van der Waals surface area contributed by atoms with Crippen LogP contribution < -0.4 is 14.8 Å². The van der Waals surface area contributed by atoms with Gasteiger partial charge < -0.3 is 19.4 Å². The first kappa shape index (κ1) is 15.9. The quantitative estimate of drug-likeness (QED) is 0.775. The minimum absolute atomic E-state index is 0.207. The van der Waals surface area contributed by atoms with Crippen LogP contribution in [0.5, 0.6) is 11.5 Å². The smallest absolute Gasteiger partial charge is 0.163 e. The van der Waals surface area contributed by atoms with E-state index in [0.29, 0.717) is 31.1 Å². The van der Waals surface area contributed by atoms with Crippen molar-refractivity contribution in [2.45, 2.75) is 13.0 Å². The maximum absolute atomic E-state index is 14.1. The van der Waals surface area contributed by atoms with Gasteiger partial charge in [0, 0.05) is 30.7 Å². The van der Waals surface area contributed by atoms with E-state index in [2.05, 4.69) is 9.88 Å². The van der Waals surface area contributed by atoms with Crippen molar-refractivity contribution in [2.75, 3.05) is 26.8 Å². The third-order valence-corrected chi connectivity index (χ3v) is 4.38. The minimum atomic E-state index is -0.207. The molecule has 3 aromatic rings. The van der Waals surface area contributed by atoms with Gasteiger partial charge in [0.15, 0.2) is 11.5 Å². The first-order valence-electron chi connectivity index (χ1n) is 8.43. The van der Waals surface area contributed by atoms with Gasteiger partial charge in [-0.3, -0.25) is 0 Å². The number of fused-ring (bicyclic) bond motifs is 2. The molecule has 0 bridgehead atoms. The fourth-order valence-corrected chi connectivity index (χ4v) is 3.11. The molecule has 130 valence electrons. The third-order valence-electron chi connectivity index (χ3n) is 4.38. The Balaban J connectivity index is 1.82. The van der Waals surface area contributed by atoms with Gasteiger partial charge in [-0.15, -0.1) is 0 Å². The Morgan fingerprint density at radius 1 is 1.16 bits per heavy atom. The van der Waals surface area contributed by atoms with Crippen molar-refractivity contribution in [1.82, 2.24) is 14.9 Å². The molecule has 0 saturated carbocycles. The van der Waals surface area contributed by atoms with Gasteiger partial charge in [0.1, 0.15) is 24.9 Å². The number of ether oxygens (including phenoxy) is 2. The molecule has 5 nitrogen and oxygen atoms in total. The van der Waals surface area contributed by atoms with Crippen molar-refractivity contribution in [3.8, 4) is 11.5 Å². The van der Waals surface area contributed by atoms with Crippen LogP contribution >= 0.6 is 0 Å². The van der Waals surface area contributed by atoms with E-state index in [0.717, 1.165) is 35.6 Å². The molecule has 2 aromatic carbocycles. The van der Waals surface area contributed by atoms with Crippen molar-refractivity contribution in [3.05, 3.63) is 53.6 Å². The SMILES string of the molecule is CNCCc1nc2cc3c(cc2n1Cc1ccccc1F)OCCO3. The van der Waals surface area contributed by atoms with Crippen molar-refractivity contribution >= 4 is 11.0 Å². The normalized spacial score (nSPS) is 13.4. The Morgan fingerprint density at radius 3 is 2.68 bits per heavy atom. The molecule has 1 aromatic heterocycles. The lowest BCUT2D eigenvalue weighted by atomic mass is 10.2. The van der Waals surface area contributed by atoms with Crippen LogP contribution in [-0.2, 0) is 13.0 Å². The third kappa shape index (κ3) is 3.05. The van der Waals surface area contributed by atoms with Crippen LogP contribution in [0.4, 0.5) is 4.39 Å². The molecule has 0 saturated heterocycles. The molecular formula is C19H20FN3O2. The zero-order chi connectivity index (χ0) is 17.2. The molecule has 1 aliphatic heterocycles. The first-order chi connectivity index (χ1) is 12.3. The maximum atomic E-state index is 14.1. The zero-order valence-corrected chi connectivity index (χ0v) is 14.1. The van der Waals surface area contributed by atoms with Crippen LogP contribution in [0.1, 0.15) is 11.4 Å². The Bertz CT molecular complexity index is 907. The molecule has 1 aliphatic rings. The fourth-order valence-electron chi connectivity index (χ4n) is 3.11. The summed E-state index contributed by atoms with van der Waals surface area (Å²) >= 11 is 0. The monoisotopic (exact) mass is 341 g/mol. The highest BCUT2D eigenvalue weighted by molar-refractivity contribution is 5.81. The van der Waals surface area contributed by atoms with E-state index < -0.39 is 0 Å². The van der Waals surface area contributed by atoms with Gasteiger partial charge in [0.25, 0.3) is 0 Å². The van der Waals surface area contributed by atoms with E-state index in [4.69, 9.17) is 14.5 Å². The summed E-state index contributed by atoms with van der Waals surface area (Å²) in [6.07, 6.45) is 0.756. The largest absolute Gasteiger partial charge is 0.486 e. The molecule has 0 amide bonds. The lowest BCUT2D eigenvalue weighted by molar-refractivity contribution is 0.172. The number of hydrogen-bond donors (Lipinski definition) is 1. The van der Waals surface area contributed by atoms with Crippen LogP contribution in [0.25, 0.3) is 11.0 Å². The van der Waals surface area contributed by atoms with Crippen molar-refractivity contribution in [1.29, 1.82) is 0 Å². The van der Waals surface area contributed by atoms with Gasteiger partial charge in [-0.25, -0.2) is 9.37 Å². The van der Waals surface area contributed by atoms with Gasteiger partial charge in [0.2, 0.25) is 0 Å². The molecule has 25 heavy (non-hydrogen) atoms. The van der Waals surface area contributed by atoms with Gasteiger partial charge in [-0.1, -0.05) is 18.2 Å². The number of nitrogens with one attached hydrogen (secondary N) is 1. The molecule has 1 N–H and O–H groups in total. The molecule has 0 aliphatic carbocycles. The topological polar surface area (TPSA) is 48.3 Å². The first-order valence-corrected chi connectivity index (χ1v) is 8.43. The van der Waals surface area contributed by atoms with E-state index in [1.807, 2.05) is 25.2 Å².